The zero-order chi connectivity index (χ0) is 14.5. The molecule has 2 rings (SSSR count). The van der Waals surface area contributed by atoms with Crippen LogP contribution in [0.15, 0.2) is 46.9 Å². The monoisotopic (exact) mass is 337 g/mol. The van der Waals surface area contributed by atoms with Crippen molar-refractivity contribution in [3.8, 4) is 5.75 Å². The van der Waals surface area contributed by atoms with Crippen molar-refractivity contribution in [3.63, 3.8) is 0 Å². The molecule has 0 aliphatic heterocycles. The summed E-state index contributed by atoms with van der Waals surface area (Å²) in [4.78, 5) is 0. The zero-order valence-electron chi connectivity index (χ0n) is 11.5. The van der Waals surface area contributed by atoms with Crippen LogP contribution < -0.4 is 10.1 Å². The summed E-state index contributed by atoms with van der Waals surface area (Å²) in [6.45, 7) is 0. The number of hydrogen-bond donors (Lipinski definition) is 1. The molecular formula is C16H17BrFNO. The predicted octanol–water partition coefficient (Wildman–Crippen LogP) is 4.10. The van der Waals surface area contributed by atoms with Gasteiger partial charge in [-0.2, -0.15) is 0 Å². The Morgan fingerprint density at radius 3 is 2.75 bits per heavy atom. The first-order valence-electron chi connectivity index (χ1n) is 6.39. The van der Waals surface area contributed by atoms with Crippen LogP contribution in [0.3, 0.4) is 0 Å². The topological polar surface area (TPSA) is 21.3 Å². The maximum absolute atomic E-state index is 13.4. The van der Waals surface area contributed by atoms with Gasteiger partial charge in [0.15, 0.2) is 0 Å². The van der Waals surface area contributed by atoms with Crippen molar-refractivity contribution < 1.29 is 9.13 Å². The summed E-state index contributed by atoms with van der Waals surface area (Å²) in [5.74, 6) is 0.602. The molecule has 0 aliphatic carbocycles. The normalized spacial score (nSPS) is 12.2. The number of benzene rings is 2. The highest BCUT2D eigenvalue weighted by Gasteiger charge is 2.14. The van der Waals surface area contributed by atoms with Gasteiger partial charge in [0.2, 0.25) is 0 Å². The van der Waals surface area contributed by atoms with Crippen molar-refractivity contribution >= 4 is 15.9 Å². The lowest BCUT2D eigenvalue weighted by Crippen LogP contribution is -2.19. The second-order valence-electron chi connectivity index (χ2n) is 4.56. The quantitative estimate of drug-likeness (QED) is 0.886. The van der Waals surface area contributed by atoms with E-state index in [9.17, 15) is 4.39 Å². The fourth-order valence-corrected chi connectivity index (χ4v) is 2.71. The predicted molar refractivity (Wildman–Crippen MR) is 82.6 cm³/mol. The molecule has 0 aliphatic rings. The van der Waals surface area contributed by atoms with E-state index in [1.807, 2.05) is 31.3 Å². The van der Waals surface area contributed by atoms with Crippen molar-refractivity contribution in [2.24, 2.45) is 0 Å². The van der Waals surface area contributed by atoms with Gasteiger partial charge in [0.25, 0.3) is 0 Å². The standard InChI is InChI=1S/C16H17BrFNO/c1-19-16(14-10-12(18)6-7-15(14)17)9-11-4-3-5-13(8-11)20-2/h3-8,10,16,19H,9H2,1-2H3. The number of methoxy groups -OCH3 is 1. The van der Waals surface area contributed by atoms with Crippen molar-refractivity contribution in [2.75, 3.05) is 14.2 Å². The van der Waals surface area contributed by atoms with Gasteiger partial charge in [-0.1, -0.05) is 28.1 Å². The average molecular weight is 338 g/mol. The molecule has 0 amide bonds. The second-order valence-corrected chi connectivity index (χ2v) is 5.42. The Bertz CT molecular complexity index is 588. The molecule has 20 heavy (non-hydrogen) atoms. The molecule has 0 fully saturated rings. The molecule has 0 aromatic heterocycles. The lowest BCUT2D eigenvalue weighted by Gasteiger charge is -2.18. The molecule has 0 heterocycles. The van der Waals surface area contributed by atoms with Gasteiger partial charge in [0, 0.05) is 10.5 Å². The minimum absolute atomic E-state index is 0.0344. The first-order valence-corrected chi connectivity index (χ1v) is 7.18. The number of likely N-dealkylation sites (N-methyl/N-ethyl adjacent to an activating group) is 1. The Kier molecular flexibility index (Phi) is 5.15. The third-order valence-corrected chi connectivity index (χ3v) is 3.98. The van der Waals surface area contributed by atoms with Crippen molar-refractivity contribution in [3.05, 3.63) is 63.9 Å². The molecular weight excluding hydrogens is 321 g/mol. The third kappa shape index (κ3) is 3.58. The SMILES string of the molecule is CNC(Cc1cccc(OC)c1)c1cc(F)ccc1Br. The van der Waals surface area contributed by atoms with E-state index in [2.05, 4.69) is 21.2 Å². The van der Waals surface area contributed by atoms with Gasteiger partial charge < -0.3 is 10.1 Å². The first-order chi connectivity index (χ1) is 9.63. The summed E-state index contributed by atoms with van der Waals surface area (Å²) in [5.41, 5.74) is 2.05. The van der Waals surface area contributed by atoms with Crippen molar-refractivity contribution in [2.45, 2.75) is 12.5 Å². The van der Waals surface area contributed by atoms with Crippen molar-refractivity contribution in [1.82, 2.24) is 5.32 Å². The molecule has 1 unspecified atom stereocenters. The van der Waals surface area contributed by atoms with E-state index in [0.29, 0.717) is 0 Å². The highest BCUT2D eigenvalue weighted by atomic mass is 79.9. The molecule has 2 nitrogen and oxygen atoms in total. The van der Waals surface area contributed by atoms with Crippen LogP contribution in [0.4, 0.5) is 4.39 Å². The largest absolute Gasteiger partial charge is 0.497 e. The van der Waals surface area contributed by atoms with Gasteiger partial charge in [0.05, 0.1) is 7.11 Å². The average Bonchev–Trinajstić information content (AvgIpc) is 2.47. The lowest BCUT2D eigenvalue weighted by atomic mass is 9.99. The minimum atomic E-state index is -0.228. The maximum atomic E-state index is 13.4. The molecule has 0 saturated carbocycles. The van der Waals surface area contributed by atoms with Crippen LogP contribution in [0, 0.1) is 5.82 Å². The lowest BCUT2D eigenvalue weighted by molar-refractivity contribution is 0.414. The van der Waals surface area contributed by atoms with E-state index in [1.165, 1.54) is 6.07 Å². The summed E-state index contributed by atoms with van der Waals surface area (Å²) in [7, 11) is 3.53. The highest BCUT2D eigenvalue weighted by Crippen LogP contribution is 2.27. The highest BCUT2D eigenvalue weighted by molar-refractivity contribution is 9.10. The molecule has 0 radical (unpaired) electrons. The van der Waals surface area contributed by atoms with Crippen LogP contribution in [-0.2, 0) is 6.42 Å². The van der Waals surface area contributed by atoms with Crippen LogP contribution >= 0.6 is 15.9 Å². The Morgan fingerprint density at radius 2 is 2.05 bits per heavy atom. The number of nitrogens with one attached hydrogen (secondary N) is 1. The number of ether oxygens (including phenoxy) is 1. The molecule has 0 spiro atoms. The Balaban J connectivity index is 2.26. The summed E-state index contributed by atoms with van der Waals surface area (Å²) in [5, 5.41) is 3.23. The molecule has 0 saturated heterocycles. The van der Waals surface area contributed by atoms with Gasteiger partial charge in [-0.3, -0.25) is 0 Å². The van der Waals surface area contributed by atoms with Gasteiger partial charge in [0.1, 0.15) is 11.6 Å². The minimum Gasteiger partial charge on any atom is -0.497 e. The molecule has 0 bridgehead atoms. The van der Waals surface area contributed by atoms with Gasteiger partial charge >= 0.3 is 0 Å². The summed E-state index contributed by atoms with van der Waals surface area (Å²) >= 11 is 3.48. The molecule has 1 N–H and O–H groups in total. The van der Waals surface area contributed by atoms with Crippen LogP contribution in [0.2, 0.25) is 0 Å². The van der Waals surface area contributed by atoms with Crippen LogP contribution in [0.1, 0.15) is 17.2 Å². The third-order valence-electron chi connectivity index (χ3n) is 3.26. The Hall–Kier alpha value is -1.39. The fourth-order valence-electron chi connectivity index (χ4n) is 2.18. The van der Waals surface area contributed by atoms with E-state index < -0.39 is 0 Å². The van der Waals surface area contributed by atoms with Crippen LogP contribution in [-0.4, -0.2) is 14.2 Å². The molecule has 4 heteroatoms. The van der Waals surface area contributed by atoms with Crippen LogP contribution in [0.25, 0.3) is 0 Å². The van der Waals surface area contributed by atoms with Gasteiger partial charge in [-0.15, -0.1) is 0 Å². The Labute approximate surface area is 127 Å². The van der Waals surface area contributed by atoms with Crippen molar-refractivity contribution in [1.29, 1.82) is 0 Å². The van der Waals surface area contributed by atoms with E-state index in [0.717, 1.165) is 27.8 Å². The molecule has 106 valence electrons. The van der Waals surface area contributed by atoms with Crippen LogP contribution in [0.5, 0.6) is 5.75 Å². The van der Waals surface area contributed by atoms with Gasteiger partial charge in [-0.05, 0) is 54.9 Å². The van der Waals surface area contributed by atoms with E-state index in [1.54, 1.807) is 19.2 Å². The first kappa shape index (κ1) is 15.0. The number of rotatable bonds is 5. The zero-order valence-corrected chi connectivity index (χ0v) is 13.1. The molecule has 1 atom stereocenters. The maximum Gasteiger partial charge on any atom is 0.123 e. The molecule has 2 aromatic rings. The van der Waals surface area contributed by atoms with E-state index in [4.69, 9.17) is 4.74 Å². The fraction of sp³-hybridized carbons (Fsp3) is 0.250. The summed E-state index contributed by atoms with van der Waals surface area (Å²) in [6, 6.07) is 12.7. The number of halogens is 2. The van der Waals surface area contributed by atoms with Gasteiger partial charge in [-0.25, -0.2) is 4.39 Å². The molecule has 2 aromatic carbocycles. The Morgan fingerprint density at radius 1 is 1.25 bits per heavy atom. The summed E-state index contributed by atoms with van der Waals surface area (Å²) < 4.78 is 19.6. The van der Waals surface area contributed by atoms with E-state index >= 15 is 0 Å². The summed E-state index contributed by atoms with van der Waals surface area (Å²) in [6.07, 6.45) is 0.760. The second kappa shape index (κ2) is 6.86. The van der Waals surface area contributed by atoms with E-state index in [-0.39, 0.29) is 11.9 Å². The smallest absolute Gasteiger partial charge is 0.123 e. The number of hydrogen-bond acceptors (Lipinski definition) is 2.